The van der Waals surface area contributed by atoms with Crippen LogP contribution in [0.2, 0.25) is 0 Å². The van der Waals surface area contributed by atoms with E-state index in [0.717, 1.165) is 4.90 Å². The van der Waals surface area contributed by atoms with Crippen LogP contribution in [0.5, 0.6) is 0 Å². The van der Waals surface area contributed by atoms with Gasteiger partial charge in [-0.05, 0) is 6.92 Å². The lowest BCUT2D eigenvalue weighted by molar-refractivity contribution is -0.148. The lowest BCUT2D eigenvalue weighted by Gasteiger charge is -2.26. The van der Waals surface area contributed by atoms with Gasteiger partial charge in [-0.15, -0.1) is 0 Å². The summed E-state index contributed by atoms with van der Waals surface area (Å²) in [6.07, 6.45) is 0. The van der Waals surface area contributed by atoms with Gasteiger partial charge in [0.2, 0.25) is 11.8 Å². The molecule has 2 amide bonds. The zero-order valence-electron chi connectivity index (χ0n) is 9.95. The lowest BCUT2D eigenvalue weighted by atomic mass is 10.1. The number of carbonyl (C=O) groups is 3. The molecule has 1 unspecified atom stereocenters. The summed E-state index contributed by atoms with van der Waals surface area (Å²) in [6, 6.07) is -0.749. The van der Waals surface area contributed by atoms with E-state index in [1.807, 2.05) is 0 Å². The molecule has 0 saturated carbocycles. The van der Waals surface area contributed by atoms with Gasteiger partial charge in [0, 0.05) is 33.5 Å². The number of Topliss-reactive ketones (excluding diaryl/α,β-unsaturated/α-hetero) is 1. The third-order valence-corrected chi connectivity index (χ3v) is 2.12. The molecule has 0 aromatic carbocycles. The minimum absolute atomic E-state index is 0.227. The predicted molar refractivity (Wildman–Crippen MR) is 59.6 cm³/mol. The van der Waals surface area contributed by atoms with E-state index in [-0.39, 0.29) is 12.3 Å². The number of nitrogens with one attached hydrogen (secondary N) is 1. The molecule has 0 aliphatic carbocycles. The van der Waals surface area contributed by atoms with Gasteiger partial charge in [0.1, 0.15) is 6.04 Å². The van der Waals surface area contributed by atoms with E-state index >= 15 is 0 Å². The first-order valence-electron chi connectivity index (χ1n) is 5.13. The van der Waals surface area contributed by atoms with Gasteiger partial charge in [0.25, 0.3) is 0 Å². The molecule has 0 aromatic heterocycles. The molecule has 0 fully saturated rings. The Morgan fingerprint density at radius 2 is 1.69 bits per heavy atom. The molecule has 0 heterocycles. The molecular formula is C10H19N3O3. The van der Waals surface area contributed by atoms with Gasteiger partial charge < -0.3 is 11.1 Å². The molecule has 6 heteroatoms. The van der Waals surface area contributed by atoms with Crippen LogP contribution < -0.4 is 11.1 Å². The standard InChI is InChI=1S/C10H19N3O3/c1-7(14)10(6-12-5-4-11)13(8(2)15)9(3)16/h10,12H,4-6,11H2,1-3H3. The quantitative estimate of drug-likeness (QED) is 0.563. The average molecular weight is 229 g/mol. The topological polar surface area (TPSA) is 92.5 Å². The smallest absolute Gasteiger partial charge is 0.226 e. The van der Waals surface area contributed by atoms with Gasteiger partial charge in [0.05, 0.1) is 0 Å². The Morgan fingerprint density at radius 1 is 1.19 bits per heavy atom. The highest BCUT2D eigenvalue weighted by Gasteiger charge is 2.27. The summed E-state index contributed by atoms with van der Waals surface area (Å²) in [5, 5.41) is 2.91. The van der Waals surface area contributed by atoms with E-state index in [9.17, 15) is 14.4 Å². The van der Waals surface area contributed by atoms with Crippen molar-refractivity contribution >= 4 is 17.6 Å². The summed E-state index contributed by atoms with van der Waals surface area (Å²) in [5.41, 5.74) is 5.29. The van der Waals surface area contributed by atoms with Crippen molar-refractivity contribution in [2.24, 2.45) is 5.73 Å². The third kappa shape index (κ3) is 4.50. The number of imide groups is 1. The fourth-order valence-electron chi connectivity index (χ4n) is 1.42. The Morgan fingerprint density at radius 3 is 2.00 bits per heavy atom. The van der Waals surface area contributed by atoms with Crippen molar-refractivity contribution < 1.29 is 14.4 Å². The van der Waals surface area contributed by atoms with Crippen LogP contribution in [0, 0.1) is 0 Å². The van der Waals surface area contributed by atoms with Crippen LogP contribution in [0.1, 0.15) is 20.8 Å². The molecule has 3 N–H and O–H groups in total. The molecule has 0 aliphatic rings. The summed E-state index contributed by atoms with van der Waals surface area (Å²) in [4.78, 5) is 34.9. The molecule has 0 aromatic rings. The fourth-order valence-corrected chi connectivity index (χ4v) is 1.42. The van der Waals surface area contributed by atoms with E-state index in [1.165, 1.54) is 20.8 Å². The molecule has 92 valence electrons. The molecule has 0 spiro atoms. The molecule has 0 rings (SSSR count). The van der Waals surface area contributed by atoms with Crippen molar-refractivity contribution in [2.75, 3.05) is 19.6 Å². The SMILES string of the molecule is CC(=O)C(CNCCN)N(C(C)=O)C(C)=O. The largest absolute Gasteiger partial charge is 0.329 e. The highest BCUT2D eigenvalue weighted by molar-refractivity contribution is 5.98. The van der Waals surface area contributed by atoms with E-state index in [1.54, 1.807) is 0 Å². The second-order valence-corrected chi connectivity index (χ2v) is 3.53. The Hall–Kier alpha value is -1.27. The van der Waals surface area contributed by atoms with E-state index in [2.05, 4.69) is 5.32 Å². The Balaban J connectivity index is 4.66. The number of rotatable bonds is 6. The van der Waals surface area contributed by atoms with Crippen LogP contribution >= 0.6 is 0 Å². The maximum Gasteiger partial charge on any atom is 0.226 e. The molecule has 16 heavy (non-hydrogen) atoms. The maximum absolute atomic E-state index is 11.4. The molecule has 0 saturated heterocycles. The number of nitrogens with two attached hydrogens (primary N) is 1. The zero-order valence-corrected chi connectivity index (χ0v) is 9.95. The number of amides is 2. The zero-order chi connectivity index (χ0) is 12.7. The highest BCUT2D eigenvalue weighted by atomic mass is 16.2. The first kappa shape index (κ1) is 14.7. The Kier molecular flexibility index (Phi) is 6.52. The maximum atomic E-state index is 11.4. The van der Waals surface area contributed by atoms with Crippen molar-refractivity contribution in [3.05, 3.63) is 0 Å². The first-order chi connectivity index (χ1) is 7.41. The fraction of sp³-hybridized carbons (Fsp3) is 0.700. The molecule has 0 radical (unpaired) electrons. The van der Waals surface area contributed by atoms with Crippen LogP contribution in [0.3, 0.4) is 0 Å². The van der Waals surface area contributed by atoms with Gasteiger partial charge in [-0.3, -0.25) is 19.3 Å². The van der Waals surface area contributed by atoms with Crippen LogP contribution in [0.4, 0.5) is 0 Å². The van der Waals surface area contributed by atoms with Crippen LogP contribution in [0.15, 0.2) is 0 Å². The Labute approximate surface area is 95.2 Å². The van der Waals surface area contributed by atoms with Gasteiger partial charge in [-0.25, -0.2) is 0 Å². The van der Waals surface area contributed by atoms with Crippen molar-refractivity contribution in [3.8, 4) is 0 Å². The van der Waals surface area contributed by atoms with Crippen LogP contribution in [-0.2, 0) is 14.4 Å². The normalized spacial score (nSPS) is 12.0. The highest BCUT2D eigenvalue weighted by Crippen LogP contribution is 2.02. The minimum atomic E-state index is -0.749. The second-order valence-electron chi connectivity index (χ2n) is 3.53. The first-order valence-corrected chi connectivity index (χ1v) is 5.13. The second kappa shape index (κ2) is 7.08. The molecule has 1 atom stereocenters. The Bertz CT molecular complexity index is 264. The lowest BCUT2D eigenvalue weighted by Crippen LogP contribution is -2.51. The monoisotopic (exact) mass is 229 g/mol. The summed E-state index contributed by atoms with van der Waals surface area (Å²) >= 11 is 0. The summed E-state index contributed by atoms with van der Waals surface area (Å²) in [6.45, 7) is 5.10. The number of ketones is 1. The summed E-state index contributed by atoms with van der Waals surface area (Å²) < 4.78 is 0. The van der Waals surface area contributed by atoms with Crippen molar-refractivity contribution in [2.45, 2.75) is 26.8 Å². The number of carbonyl (C=O) groups excluding carboxylic acids is 3. The van der Waals surface area contributed by atoms with E-state index in [0.29, 0.717) is 13.1 Å². The third-order valence-electron chi connectivity index (χ3n) is 2.12. The van der Waals surface area contributed by atoms with Crippen molar-refractivity contribution in [1.29, 1.82) is 0 Å². The molecule has 6 nitrogen and oxygen atoms in total. The van der Waals surface area contributed by atoms with Crippen molar-refractivity contribution in [3.63, 3.8) is 0 Å². The summed E-state index contributed by atoms with van der Waals surface area (Å²) in [5.74, 6) is -1.08. The molecule has 0 aliphatic heterocycles. The van der Waals surface area contributed by atoms with Gasteiger partial charge >= 0.3 is 0 Å². The van der Waals surface area contributed by atoms with E-state index < -0.39 is 17.9 Å². The van der Waals surface area contributed by atoms with Crippen molar-refractivity contribution in [1.82, 2.24) is 10.2 Å². The molecule has 0 bridgehead atoms. The number of nitrogens with zero attached hydrogens (tertiary/aromatic N) is 1. The van der Waals surface area contributed by atoms with Crippen LogP contribution in [-0.4, -0.2) is 48.2 Å². The van der Waals surface area contributed by atoms with Gasteiger partial charge in [0.15, 0.2) is 5.78 Å². The minimum Gasteiger partial charge on any atom is -0.329 e. The summed E-state index contributed by atoms with van der Waals surface area (Å²) in [7, 11) is 0. The number of hydrogen-bond donors (Lipinski definition) is 2. The van der Waals surface area contributed by atoms with Gasteiger partial charge in [-0.2, -0.15) is 0 Å². The van der Waals surface area contributed by atoms with E-state index in [4.69, 9.17) is 5.73 Å². The average Bonchev–Trinajstić information content (AvgIpc) is 2.14. The van der Waals surface area contributed by atoms with Gasteiger partial charge in [-0.1, -0.05) is 0 Å². The molecular weight excluding hydrogens is 210 g/mol. The predicted octanol–water partition coefficient (Wildman–Crippen LogP) is -1.11. The van der Waals surface area contributed by atoms with Crippen LogP contribution in [0.25, 0.3) is 0 Å². The number of hydrogen-bond acceptors (Lipinski definition) is 5.